The van der Waals surface area contributed by atoms with E-state index in [-0.39, 0.29) is 11.8 Å². The Kier molecular flexibility index (Phi) is 3.91. The quantitative estimate of drug-likeness (QED) is 0.597. The van der Waals surface area contributed by atoms with E-state index in [0.717, 1.165) is 22.4 Å². The fraction of sp³-hybridized carbons (Fsp3) is 0.316. The first kappa shape index (κ1) is 17.1. The molecule has 0 saturated carbocycles. The maximum absolute atomic E-state index is 13.0. The SMILES string of the molecule is Cc1nn(C)c2ncc(NC(=O)c3cc(C(C)C)nc4onc(C)c34)cc12. The van der Waals surface area contributed by atoms with E-state index in [1.165, 1.54) is 0 Å². The number of nitrogens with zero attached hydrogens (tertiary/aromatic N) is 5. The number of aromatic nitrogens is 5. The van der Waals surface area contributed by atoms with Crippen LogP contribution in [0.5, 0.6) is 0 Å². The van der Waals surface area contributed by atoms with Crippen molar-refractivity contribution < 1.29 is 9.32 Å². The van der Waals surface area contributed by atoms with Gasteiger partial charge < -0.3 is 9.84 Å². The van der Waals surface area contributed by atoms with E-state index >= 15 is 0 Å². The Bertz CT molecular complexity index is 1190. The van der Waals surface area contributed by atoms with Gasteiger partial charge in [0, 0.05) is 18.1 Å². The average molecular weight is 364 g/mol. The molecule has 0 saturated heterocycles. The van der Waals surface area contributed by atoms with Crippen LogP contribution in [0.25, 0.3) is 22.1 Å². The smallest absolute Gasteiger partial charge is 0.259 e. The van der Waals surface area contributed by atoms with Gasteiger partial charge >= 0.3 is 0 Å². The highest BCUT2D eigenvalue weighted by atomic mass is 16.5. The van der Waals surface area contributed by atoms with Gasteiger partial charge in [0.05, 0.1) is 34.2 Å². The van der Waals surface area contributed by atoms with Crippen LogP contribution in [0.4, 0.5) is 5.69 Å². The summed E-state index contributed by atoms with van der Waals surface area (Å²) < 4.78 is 7.01. The highest BCUT2D eigenvalue weighted by Crippen LogP contribution is 2.26. The minimum absolute atomic E-state index is 0.155. The second kappa shape index (κ2) is 6.15. The van der Waals surface area contributed by atoms with Crippen LogP contribution in [0.1, 0.15) is 47.2 Å². The number of fused-ring (bicyclic) bond motifs is 2. The van der Waals surface area contributed by atoms with Crippen molar-refractivity contribution in [3.8, 4) is 0 Å². The maximum Gasteiger partial charge on any atom is 0.259 e. The average Bonchev–Trinajstić information content (AvgIpc) is 3.14. The second-order valence-electron chi connectivity index (χ2n) is 6.96. The van der Waals surface area contributed by atoms with E-state index in [0.29, 0.717) is 28.0 Å². The number of rotatable bonds is 3. The lowest BCUT2D eigenvalue weighted by Gasteiger charge is -2.10. The zero-order chi connectivity index (χ0) is 19.3. The van der Waals surface area contributed by atoms with Gasteiger partial charge in [-0.15, -0.1) is 0 Å². The number of carbonyl (C=O) groups excluding carboxylic acids is 1. The van der Waals surface area contributed by atoms with E-state index < -0.39 is 0 Å². The summed E-state index contributed by atoms with van der Waals surface area (Å²) in [6, 6.07) is 3.68. The van der Waals surface area contributed by atoms with Crippen LogP contribution in [0.2, 0.25) is 0 Å². The Hall–Kier alpha value is -3.29. The number of carbonyl (C=O) groups is 1. The van der Waals surface area contributed by atoms with Gasteiger partial charge in [-0.3, -0.25) is 9.48 Å². The minimum Gasteiger partial charge on any atom is -0.336 e. The number of nitrogens with one attached hydrogen (secondary N) is 1. The van der Waals surface area contributed by atoms with Crippen LogP contribution in [-0.4, -0.2) is 30.8 Å². The fourth-order valence-corrected chi connectivity index (χ4v) is 3.16. The molecule has 8 heteroatoms. The number of pyridine rings is 2. The van der Waals surface area contributed by atoms with Crippen molar-refractivity contribution in [1.29, 1.82) is 0 Å². The van der Waals surface area contributed by atoms with Gasteiger partial charge in [-0.25, -0.2) is 9.97 Å². The summed E-state index contributed by atoms with van der Waals surface area (Å²) >= 11 is 0. The number of anilines is 1. The van der Waals surface area contributed by atoms with Crippen LogP contribution < -0.4 is 5.32 Å². The lowest BCUT2D eigenvalue weighted by molar-refractivity contribution is 0.102. The van der Waals surface area contributed by atoms with Crippen molar-refractivity contribution in [1.82, 2.24) is 24.9 Å². The van der Waals surface area contributed by atoms with Crippen molar-refractivity contribution in [2.75, 3.05) is 5.32 Å². The van der Waals surface area contributed by atoms with Gasteiger partial charge in [0.15, 0.2) is 5.65 Å². The summed E-state index contributed by atoms with van der Waals surface area (Å²) in [4.78, 5) is 21.9. The van der Waals surface area contributed by atoms with Gasteiger partial charge in [-0.1, -0.05) is 19.0 Å². The molecule has 4 aromatic rings. The third-order valence-corrected chi connectivity index (χ3v) is 4.59. The lowest BCUT2D eigenvalue weighted by atomic mass is 10.0. The molecule has 4 rings (SSSR count). The predicted octanol–water partition coefficient (Wildman–Crippen LogP) is 3.50. The number of hydrogen-bond donors (Lipinski definition) is 1. The zero-order valence-electron chi connectivity index (χ0n) is 15.9. The van der Waals surface area contributed by atoms with Gasteiger partial charge in [0.2, 0.25) is 0 Å². The highest BCUT2D eigenvalue weighted by Gasteiger charge is 2.20. The van der Waals surface area contributed by atoms with E-state index in [1.807, 2.05) is 33.9 Å². The topological polar surface area (TPSA) is 98.7 Å². The molecule has 0 atom stereocenters. The second-order valence-corrected chi connectivity index (χ2v) is 6.96. The van der Waals surface area contributed by atoms with Crippen molar-refractivity contribution in [2.24, 2.45) is 7.05 Å². The van der Waals surface area contributed by atoms with Crippen LogP contribution >= 0.6 is 0 Å². The molecule has 0 fully saturated rings. The maximum atomic E-state index is 13.0. The molecule has 4 aromatic heterocycles. The molecule has 0 bridgehead atoms. The number of aryl methyl sites for hydroxylation is 3. The van der Waals surface area contributed by atoms with E-state index in [1.54, 1.807) is 23.9 Å². The van der Waals surface area contributed by atoms with Crippen LogP contribution in [0.3, 0.4) is 0 Å². The number of hydrogen-bond acceptors (Lipinski definition) is 6. The lowest BCUT2D eigenvalue weighted by Crippen LogP contribution is -2.14. The third kappa shape index (κ3) is 2.83. The predicted molar refractivity (Wildman–Crippen MR) is 102 cm³/mol. The summed E-state index contributed by atoms with van der Waals surface area (Å²) in [7, 11) is 1.84. The first-order valence-electron chi connectivity index (χ1n) is 8.72. The van der Waals surface area contributed by atoms with Crippen molar-refractivity contribution >= 4 is 33.7 Å². The van der Waals surface area contributed by atoms with Crippen LogP contribution in [-0.2, 0) is 7.05 Å². The first-order valence-corrected chi connectivity index (χ1v) is 8.72. The van der Waals surface area contributed by atoms with Crippen LogP contribution in [0.15, 0.2) is 22.9 Å². The molecule has 0 aliphatic carbocycles. The van der Waals surface area contributed by atoms with Gasteiger partial charge in [0.1, 0.15) is 0 Å². The van der Waals surface area contributed by atoms with Gasteiger partial charge in [0.25, 0.3) is 11.6 Å². The third-order valence-electron chi connectivity index (χ3n) is 4.59. The Morgan fingerprint density at radius 1 is 1.22 bits per heavy atom. The Balaban J connectivity index is 1.77. The highest BCUT2D eigenvalue weighted by molar-refractivity contribution is 6.12. The normalized spacial score (nSPS) is 11.6. The molecular formula is C19H20N6O2. The van der Waals surface area contributed by atoms with Crippen LogP contribution in [0, 0.1) is 13.8 Å². The van der Waals surface area contributed by atoms with Gasteiger partial charge in [-0.05, 0) is 31.9 Å². The number of amides is 1. The Morgan fingerprint density at radius 3 is 2.74 bits per heavy atom. The van der Waals surface area contributed by atoms with Crippen molar-refractivity contribution in [2.45, 2.75) is 33.6 Å². The first-order chi connectivity index (χ1) is 12.8. The molecule has 8 nitrogen and oxygen atoms in total. The van der Waals surface area contributed by atoms with E-state index in [2.05, 4.69) is 25.5 Å². The van der Waals surface area contributed by atoms with Crippen molar-refractivity contribution in [3.05, 3.63) is 41.0 Å². The van der Waals surface area contributed by atoms with E-state index in [4.69, 9.17) is 4.52 Å². The molecule has 0 unspecified atom stereocenters. The molecular weight excluding hydrogens is 344 g/mol. The molecule has 0 aliphatic rings. The standard InChI is InChI=1S/C19H20N6O2/c1-9(2)15-7-14(16-11(4)24-27-19(16)22-15)18(26)21-12-6-13-10(3)23-25(5)17(13)20-8-12/h6-9H,1-5H3,(H,21,26). The Labute approximate surface area is 155 Å². The molecule has 0 radical (unpaired) electrons. The summed E-state index contributed by atoms with van der Waals surface area (Å²) in [6.07, 6.45) is 1.63. The summed E-state index contributed by atoms with van der Waals surface area (Å²) in [6.45, 7) is 7.74. The molecule has 138 valence electrons. The minimum atomic E-state index is -0.252. The molecule has 1 amide bonds. The largest absolute Gasteiger partial charge is 0.336 e. The molecule has 27 heavy (non-hydrogen) atoms. The molecule has 1 N–H and O–H groups in total. The fourth-order valence-electron chi connectivity index (χ4n) is 3.16. The monoisotopic (exact) mass is 364 g/mol. The molecule has 0 spiro atoms. The molecule has 0 aliphatic heterocycles. The summed E-state index contributed by atoms with van der Waals surface area (Å²) in [5.41, 5.74) is 4.52. The van der Waals surface area contributed by atoms with Gasteiger partial charge in [-0.2, -0.15) is 5.10 Å². The summed E-state index contributed by atoms with van der Waals surface area (Å²) in [5.74, 6) is -0.0966. The Morgan fingerprint density at radius 2 is 2.00 bits per heavy atom. The zero-order valence-corrected chi connectivity index (χ0v) is 15.9. The van der Waals surface area contributed by atoms with Crippen molar-refractivity contribution in [3.63, 3.8) is 0 Å². The van der Waals surface area contributed by atoms with E-state index in [9.17, 15) is 4.79 Å². The molecule has 4 heterocycles. The molecule has 0 aromatic carbocycles. The summed E-state index contributed by atoms with van der Waals surface area (Å²) in [5, 5.41) is 12.8.